The predicted molar refractivity (Wildman–Crippen MR) is 162 cm³/mol. The molecule has 0 atom stereocenters. The highest BCUT2D eigenvalue weighted by molar-refractivity contribution is 6.06. The number of allylic oxidation sites excluding steroid dienone is 5. The van der Waals surface area contributed by atoms with Crippen molar-refractivity contribution in [1.29, 1.82) is 0 Å². The molecule has 0 spiro atoms. The Morgan fingerprint density at radius 2 is 1.68 bits per heavy atom. The molecule has 0 unspecified atom stereocenters. The van der Waals surface area contributed by atoms with Crippen LogP contribution in [0.25, 0.3) is 0 Å². The minimum Gasteiger partial charge on any atom is -0.490 e. The fourth-order valence-electron chi connectivity index (χ4n) is 6.48. The second-order valence-electron chi connectivity index (χ2n) is 11.1. The van der Waals surface area contributed by atoms with E-state index in [0.717, 1.165) is 28.1 Å². The number of ketones is 2. The number of nitro benzene ring substituents is 1. The Balaban J connectivity index is 1.62. The summed E-state index contributed by atoms with van der Waals surface area (Å²) in [6.45, 7) is 6.48. The molecule has 2 aliphatic carbocycles. The van der Waals surface area contributed by atoms with E-state index in [4.69, 9.17) is 9.47 Å². The quantitative estimate of drug-likeness (QED) is 0.172. The smallest absolute Gasteiger partial charge is 0.305 e. The van der Waals surface area contributed by atoms with Gasteiger partial charge in [0.1, 0.15) is 6.61 Å². The Labute approximate surface area is 255 Å². The number of nitrogens with zero attached hydrogens (tertiary/aromatic N) is 2. The SMILES string of the molecule is C=CCc1cc(C2C3=C(CCCC3=O)N(CCC(=O)O)C3=C2C(=O)CCC3)cc(OCC)c1OCc1ccc([N+](=O)[O-])cc1. The molecule has 0 fully saturated rings. The van der Waals surface area contributed by atoms with Crippen LogP contribution in [0.4, 0.5) is 5.69 Å². The van der Waals surface area contributed by atoms with Gasteiger partial charge in [-0.3, -0.25) is 24.5 Å². The van der Waals surface area contributed by atoms with Crippen molar-refractivity contribution in [2.75, 3.05) is 13.2 Å². The summed E-state index contributed by atoms with van der Waals surface area (Å²) >= 11 is 0. The molecule has 0 amide bonds. The van der Waals surface area contributed by atoms with E-state index >= 15 is 0 Å². The maximum absolute atomic E-state index is 13.6. The molecule has 1 N–H and O–H groups in total. The Morgan fingerprint density at radius 3 is 2.23 bits per heavy atom. The van der Waals surface area contributed by atoms with E-state index in [1.54, 1.807) is 18.2 Å². The van der Waals surface area contributed by atoms with Crippen molar-refractivity contribution in [2.24, 2.45) is 0 Å². The molecule has 0 bridgehead atoms. The van der Waals surface area contributed by atoms with Gasteiger partial charge in [-0.25, -0.2) is 0 Å². The van der Waals surface area contributed by atoms with Gasteiger partial charge in [0.05, 0.1) is 18.0 Å². The van der Waals surface area contributed by atoms with Gasteiger partial charge in [-0.05, 0) is 68.4 Å². The largest absolute Gasteiger partial charge is 0.490 e. The molecule has 2 aromatic rings. The first kappa shape index (κ1) is 30.7. The van der Waals surface area contributed by atoms with Gasteiger partial charge in [-0.1, -0.05) is 12.1 Å². The van der Waals surface area contributed by atoms with Gasteiger partial charge in [-0.2, -0.15) is 0 Å². The summed E-state index contributed by atoms with van der Waals surface area (Å²) < 4.78 is 12.3. The van der Waals surface area contributed by atoms with Crippen LogP contribution in [-0.4, -0.2) is 45.6 Å². The first-order chi connectivity index (χ1) is 21.2. The van der Waals surface area contributed by atoms with Gasteiger partial charge in [0.15, 0.2) is 23.1 Å². The molecule has 10 heteroatoms. The number of non-ortho nitro benzene ring substituents is 1. The Morgan fingerprint density at radius 1 is 1.05 bits per heavy atom. The number of carbonyl (C=O) groups excluding carboxylic acids is 2. The lowest BCUT2D eigenvalue weighted by Crippen LogP contribution is -2.40. The van der Waals surface area contributed by atoms with E-state index in [9.17, 15) is 29.6 Å². The second kappa shape index (κ2) is 13.3. The van der Waals surface area contributed by atoms with Crippen LogP contribution in [0, 0.1) is 10.1 Å². The standard InChI is InChI=1S/C34H36N2O8/c1-3-7-22-18-23(19-29(43-4-2)34(22)44-20-21-12-14-24(15-13-21)36(41)42)31-32-25(8-5-10-27(32)37)35(17-16-30(39)40)26-9-6-11-28(38)33(26)31/h3,12-15,18-19,31H,1,4-11,16-17,20H2,2H3,(H,39,40). The van der Waals surface area contributed by atoms with E-state index in [-0.39, 0.29) is 36.8 Å². The maximum atomic E-state index is 13.6. The monoisotopic (exact) mass is 600 g/mol. The van der Waals surface area contributed by atoms with Gasteiger partial charge in [0, 0.05) is 65.5 Å². The molecular formula is C34H36N2O8. The molecule has 0 radical (unpaired) electrons. The van der Waals surface area contributed by atoms with Crippen molar-refractivity contribution < 1.29 is 33.9 Å². The summed E-state index contributed by atoms with van der Waals surface area (Å²) in [7, 11) is 0. The van der Waals surface area contributed by atoms with Gasteiger partial charge in [0.25, 0.3) is 5.69 Å². The summed E-state index contributed by atoms with van der Waals surface area (Å²) in [4.78, 5) is 51.4. The number of carboxylic acids is 1. The molecule has 5 rings (SSSR count). The van der Waals surface area contributed by atoms with Crippen molar-refractivity contribution in [3.05, 3.63) is 98.4 Å². The van der Waals surface area contributed by atoms with E-state index in [1.165, 1.54) is 12.1 Å². The maximum Gasteiger partial charge on any atom is 0.305 e. The fourth-order valence-corrected chi connectivity index (χ4v) is 6.48. The number of hydrogen-bond donors (Lipinski definition) is 1. The van der Waals surface area contributed by atoms with Gasteiger partial charge in [-0.15, -0.1) is 6.58 Å². The number of benzene rings is 2. The third kappa shape index (κ3) is 6.15. The molecule has 230 valence electrons. The summed E-state index contributed by atoms with van der Waals surface area (Å²) in [5.74, 6) is -0.603. The zero-order chi connectivity index (χ0) is 31.4. The minimum atomic E-state index is -0.930. The second-order valence-corrected chi connectivity index (χ2v) is 11.1. The molecule has 0 aromatic heterocycles. The molecular weight excluding hydrogens is 564 g/mol. The normalized spacial score (nSPS) is 16.9. The van der Waals surface area contributed by atoms with Crippen LogP contribution in [-0.2, 0) is 27.4 Å². The lowest BCUT2D eigenvalue weighted by molar-refractivity contribution is -0.384. The van der Waals surface area contributed by atoms with Gasteiger partial charge >= 0.3 is 5.97 Å². The van der Waals surface area contributed by atoms with Crippen LogP contribution in [0.1, 0.15) is 74.5 Å². The Hall–Kier alpha value is -4.73. The summed E-state index contributed by atoms with van der Waals surface area (Å²) in [5, 5.41) is 20.5. The number of ether oxygens (including phenoxy) is 2. The molecule has 10 nitrogen and oxygen atoms in total. The average Bonchev–Trinajstić information content (AvgIpc) is 2.99. The number of carboxylic acid groups (broad SMARTS) is 1. The van der Waals surface area contributed by atoms with Crippen LogP contribution in [0.3, 0.4) is 0 Å². The Bertz CT molecular complexity index is 1530. The van der Waals surface area contributed by atoms with Crippen molar-refractivity contribution in [1.82, 2.24) is 4.90 Å². The summed E-state index contributed by atoms with van der Waals surface area (Å²) in [5.41, 5.74) is 5.04. The lowest BCUT2D eigenvalue weighted by atomic mass is 9.70. The van der Waals surface area contributed by atoms with E-state index < -0.39 is 16.8 Å². The van der Waals surface area contributed by atoms with Crippen LogP contribution < -0.4 is 9.47 Å². The lowest BCUT2D eigenvalue weighted by Gasteiger charge is -2.44. The summed E-state index contributed by atoms with van der Waals surface area (Å²) in [6.07, 6.45) is 5.43. The van der Waals surface area contributed by atoms with E-state index in [1.807, 2.05) is 24.0 Å². The van der Waals surface area contributed by atoms with Gasteiger partial charge < -0.3 is 19.5 Å². The van der Waals surface area contributed by atoms with Gasteiger partial charge in [0.2, 0.25) is 0 Å². The van der Waals surface area contributed by atoms with Crippen LogP contribution in [0.5, 0.6) is 11.5 Å². The first-order valence-corrected chi connectivity index (χ1v) is 15.0. The molecule has 1 heterocycles. The third-order valence-electron chi connectivity index (χ3n) is 8.32. The molecule has 44 heavy (non-hydrogen) atoms. The van der Waals surface area contributed by atoms with E-state index in [0.29, 0.717) is 74.2 Å². The Kier molecular flexibility index (Phi) is 9.27. The zero-order valence-corrected chi connectivity index (χ0v) is 24.8. The summed E-state index contributed by atoms with van der Waals surface area (Å²) in [6, 6.07) is 9.94. The number of nitro groups is 1. The highest BCUT2D eigenvalue weighted by atomic mass is 16.6. The topological polar surface area (TPSA) is 136 Å². The number of rotatable bonds is 12. The van der Waals surface area contributed by atoms with Crippen molar-refractivity contribution >= 4 is 23.2 Å². The third-order valence-corrected chi connectivity index (χ3v) is 8.32. The molecule has 1 aliphatic heterocycles. The fraction of sp³-hybridized carbons (Fsp3) is 0.382. The average molecular weight is 601 g/mol. The van der Waals surface area contributed by atoms with Crippen molar-refractivity contribution in [3.8, 4) is 11.5 Å². The molecule has 0 saturated carbocycles. The number of hydrogen-bond acceptors (Lipinski definition) is 8. The van der Waals surface area contributed by atoms with Crippen LogP contribution in [0.2, 0.25) is 0 Å². The van der Waals surface area contributed by atoms with Crippen molar-refractivity contribution in [2.45, 2.75) is 70.8 Å². The number of carbonyl (C=O) groups is 3. The minimum absolute atomic E-state index is 0.00803. The zero-order valence-electron chi connectivity index (χ0n) is 24.8. The van der Waals surface area contributed by atoms with Crippen LogP contribution >= 0.6 is 0 Å². The number of Topliss-reactive ketones (excluding diaryl/α,β-unsaturated/α-hetero) is 2. The highest BCUT2D eigenvalue weighted by Crippen LogP contribution is 2.50. The van der Waals surface area contributed by atoms with E-state index in [2.05, 4.69) is 6.58 Å². The molecule has 2 aromatic carbocycles. The van der Waals surface area contributed by atoms with Crippen LogP contribution in [0.15, 0.2) is 71.6 Å². The number of aliphatic carboxylic acids is 1. The molecule has 0 saturated heterocycles. The predicted octanol–water partition coefficient (Wildman–Crippen LogP) is 6.19. The highest BCUT2D eigenvalue weighted by Gasteiger charge is 2.43. The molecule has 3 aliphatic rings. The first-order valence-electron chi connectivity index (χ1n) is 15.0. The van der Waals surface area contributed by atoms with Crippen molar-refractivity contribution in [3.63, 3.8) is 0 Å².